The van der Waals surface area contributed by atoms with Crippen LogP contribution < -0.4 is 19.1 Å². The zero-order valence-corrected chi connectivity index (χ0v) is 17.8. The quantitative estimate of drug-likeness (QED) is 0.636. The Morgan fingerprint density at radius 3 is 2.37 bits per heavy atom. The van der Waals surface area contributed by atoms with E-state index >= 15 is 0 Å². The van der Waals surface area contributed by atoms with Gasteiger partial charge in [0.15, 0.2) is 11.5 Å². The molecule has 0 radical (unpaired) electrons. The predicted molar refractivity (Wildman–Crippen MR) is 112 cm³/mol. The number of anilines is 2. The summed E-state index contributed by atoms with van der Waals surface area (Å²) in [7, 11) is -3.71. The van der Waals surface area contributed by atoms with Crippen LogP contribution in [0.1, 0.15) is 6.92 Å². The lowest BCUT2D eigenvalue weighted by molar-refractivity contribution is -0.116. The molecule has 0 spiro atoms. The highest BCUT2D eigenvalue weighted by Crippen LogP contribution is 2.35. The van der Waals surface area contributed by atoms with Gasteiger partial charge < -0.3 is 14.8 Å². The number of benzene rings is 2. The van der Waals surface area contributed by atoms with Crippen molar-refractivity contribution < 1.29 is 22.7 Å². The number of amides is 1. The molecule has 27 heavy (non-hydrogen) atoms. The van der Waals surface area contributed by atoms with Crippen molar-refractivity contribution in [3.8, 4) is 11.5 Å². The third-order valence-corrected chi connectivity index (χ3v) is 5.94. The second-order valence-corrected chi connectivity index (χ2v) is 9.16. The number of fused-ring (bicyclic) bond motifs is 1. The third-order valence-electron chi connectivity index (χ3n) is 3.98. The first-order valence-corrected chi connectivity index (χ1v) is 11.1. The summed E-state index contributed by atoms with van der Waals surface area (Å²) in [5.74, 6) is 0.573. The smallest absolute Gasteiger partial charge is 0.247 e. The molecule has 7 nitrogen and oxygen atoms in total. The fourth-order valence-electron chi connectivity index (χ4n) is 2.76. The van der Waals surface area contributed by atoms with Crippen LogP contribution in [0.15, 0.2) is 42.5 Å². The normalized spacial score (nSPS) is 14.3. The molecule has 144 valence electrons. The summed E-state index contributed by atoms with van der Waals surface area (Å²) in [4.78, 5) is 12.7. The minimum absolute atomic E-state index is 0.340. The molecule has 0 saturated heterocycles. The van der Waals surface area contributed by atoms with Crippen LogP contribution in [0.3, 0.4) is 0 Å². The molecule has 1 atom stereocenters. The Bertz CT molecular complexity index is 947. The number of nitrogens with zero attached hydrogens (tertiary/aromatic N) is 1. The van der Waals surface area contributed by atoms with Crippen LogP contribution >= 0.6 is 22.6 Å². The monoisotopic (exact) mass is 502 g/mol. The molecule has 2 aromatic carbocycles. The molecule has 0 bridgehead atoms. The average molecular weight is 502 g/mol. The van der Waals surface area contributed by atoms with Crippen LogP contribution in [0, 0.1) is 3.57 Å². The van der Waals surface area contributed by atoms with Crippen molar-refractivity contribution in [1.82, 2.24) is 0 Å². The van der Waals surface area contributed by atoms with E-state index in [2.05, 4.69) is 27.9 Å². The highest BCUT2D eigenvalue weighted by molar-refractivity contribution is 14.1. The maximum atomic E-state index is 12.7. The molecule has 0 aliphatic carbocycles. The van der Waals surface area contributed by atoms with E-state index in [1.165, 1.54) is 0 Å². The van der Waals surface area contributed by atoms with Crippen molar-refractivity contribution in [3.63, 3.8) is 0 Å². The highest BCUT2D eigenvalue weighted by atomic mass is 127. The van der Waals surface area contributed by atoms with Gasteiger partial charge >= 0.3 is 0 Å². The van der Waals surface area contributed by atoms with E-state index in [9.17, 15) is 13.2 Å². The molecule has 2 aromatic rings. The maximum Gasteiger partial charge on any atom is 0.247 e. The van der Waals surface area contributed by atoms with Crippen LogP contribution in [0.5, 0.6) is 11.5 Å². The van der Waals surface area contributed by atoms with E-state index < -0.39 is 22.0 Å². The summed E-state index contributed by atoms with van der Waals surface area (Å²) in [6.45, 7) is 2.37. The van der Waals surface area contributed by atoms with Gasteiger partial charge in [0, 0.05) is 15.3 Å². The van der Waals surface area contributed by atoms with E-state index in [4.69, 9.17) is 9.47 Å². The first-order chi connectivity index (χ1) is 12.8. The molecule has 0 fully saturated rings. The van der Waals surface area contributed by atoms with E-state index in [0.29, 0.717) is 36.1 Å². The van der Waals surface area contributed by atoms with E-state index in [-0.39, 0.29) is 0 Å². The van der Waals surface area contributed by atoms with Gasteiger partial charge in [-0.1, -0.05) is 0 Å². The van der Waals surface area contributed by atoms with Crippen LogP contribution in [-0.4, -0.2) is 39.8 Å². The Morgan fingerprint density at radius 2 is 1.74 bits per heavy atom. The summed E-state index contributed by atoms with van der Waals surface area (Å²) >= 11 is 2.17. The fourth-order valence-corrected chi connectivity index (χ4v) is 4.28. The number of carbonyl (C=O) groups excluding carboxylic acids is 1. The molecule has 0 aromatic heterocycles. The third kappa shape index (κ3) is 4.64. The molecule has 9 heteroatoms. The molecule has 1 N–H and O–H groups in total. The SMILES string of the molecule is C[C@@H](C(=O)Nc1ccc(I)cc1)N(c1ccc2c(c1)OCCO2)S(C)(=O)=O. The van der Waals surface area contributed by atoms with Crippen LogP contribution in [0.4, 0.5) is 11.4 Å². The number of ether oxygens (including phenoxy) is 2. The van der Waals surface area contributed by atoms with Gasteiger partial charge in [0.25, 0.3) is 0 Å². The summed E-state index contributed by atoms with van der Waals surface area (Å²) in [6, 6.07) is 11.1. The van der Waals surface area contributed by atoms with Gasteiger partial charge in [0.1, 0.15) is 19.3 Å². The van der Waals surface area contributed by atoms with Gasteiger partial charge in [0.05, 0.1) is 11.9 Å². The van der Waals surface area contributed by atoms with Gasteiger partial charge in [-0.2, -0.15) is 0 Å². The molecular weight excluding hydrogens is 483 g/mol. The van der Waals surface area contributed by atoms with Crippen molar-refractivity contribution in [2.45, 2.75) is 13.0 Å². The van der Waals surface area contributed by atoms with Crippen LogP contribution in [0.25, 0.3) is 0 Å². The number of hydrogen-bond donors (Lipinski definition) is 1. The number of carbonyl (C=O) groups is 1. The predicted octanol–water partition coefficient (Wildman–Crippen LogP) is 2.86. The number of rotatable bonds is 5. The lowest BCUT2D eigenvalue weighted by Gasteiger charge is -2.29. The van der Waals surface area contributed by atoms with Gasteiger partial charge in [-0.15, -0.1) is 0 Å². The minimum atomic E-state index is -3.71. The van der Waals surface area contributed by atoms with Gasteiger partial charge in [-0.25, -0.2) is 8.42 Å². The average Bonchev–Trinajstić information content (AvgIpc) is 2.62. The van der Waals surface area contributed by atoms with Crippen LogP contribution in [-0.2, 0) is 14.8 Å². The summed E-state index contributed by atoms with van der Waals surface area (Å²) < 4.78 is 37.9. The molecule has 1 heterocycles. The van der Waals surface area contributed by atoms with Crippen molar-refractivity contribution >= 4 is 49.9 Å². The molecule has 1 amide bonds. The number of nitrogens with one attached hydrogen (secondary N) is 1. The molecule has 1 aliphatic rings. The minimum Gasteiger partial charge on any atom is -0.486 e. The second-order valence-electron chi connectivity index (χ2n) is 6.06. The number of sulfonamides is 1. The van der Waals surface area contributed by atoms with Crippen LogP contribution in [0.2, 0.25) is 0 Å². The maximum absolute atomic E-state index is 12.7. The standard InChI is InChI=1S/C18H19IN2O5S/c1-12(18(22)20-14-5-3-13(19)4-6-14)21(27(2,23)24)15-7-8-16-17(11-15)26-10-9-25-16/h3-8,11-12H,9-10H2,1-2H3,(H,20,22)/t12-/m0/s1. The van der Waals surface area contributed by atoms with E-state index in [0.717, 1.165) is 14.1 Å². The van der Waals surface area contributed by atoms with Crippen molar-refractivity contribution in [2.24, 2.45) is 0 Å². The van der Waals surface area contributed by atoms with Gasteiger partial charge in [0.2, 0.25) is 15.9 Å². The van der Waals surface area contributed by atoms with E-state index in [1.807, 2.05) is 12.1 Å². The van der Waals surface area contributed by atoms with Crippen molar-refractivity contribution in [2.75, 3.05) is 29.1 Å². The van der Waals surface area contributed by atoms with Gasteiger partial charge in [-0.3, -0.25) is 9.10 Å². The molecule has 1 aliphatic heterocycles. The first kappa shape index (κ1) is 19.7. The lowest BCUT2D eigenvalue weighted by atomic mass is 10.2. The zero-order chi connectivity index (χ0) is 19.6. The molecular formula is C18H19IN2O5S. The van der Waals surface area contributed by atoms with Crippen molar-refractivity contribution in [1.29, 1.82) is 0 Å². The Balaban J connectivity index is 1.88. The zero-order valence-electron chi connectivity index (χ0n) is 14.8. The molecule has 0 saturated carbocycles. The Kier molecular flexibility index (Phi) is 5.80. The fraction of sp³-hybridized carbons (Fsp3) is 0.278. The Hall–Kier alpha value is -2.01. The lowest BCUT2D eigenvalue weighted by Crippen LogP contribution is -2.45. The highest BCUT2D eigenvalue weighted by Gasteiger charge is 2.30. The molecule has 3 rings (SSSR count). The number of hydrogen-bond acceptors (Lipinski definition) is 5. The molecule has 0 unspecified atom stereocenters. The summed E-state index contributed by atoms with van der Waals surface area (Å²) in [6.07, 6.45) is 1.07. The summed E-state index contributed by atoms with van der Waals surface area (Å²) in [5, 5.41) is 2.75. The van der Waals surface area contributed by atoms with Gasteiger partial charge in [-0.05, 0) is 65.9 Å². The first-order valence-electron chi connectivity index (χ1n) is 8.21. The largest absolute Gasteiger partial charge is 0.486 e. The Morgan fingerprint density at radius 1 is 1.11 bits per heavy atom. The summed E-state index contributed by atoms with van der Waals surface area (Å²) in [5.41, 5.74) is 0.940. The van der Waals surface area contributed by atoms with E-state index in [1.54, 1.807) is 37.3 Å². The van der Waals surface area contributed by atoms with Crippen molar-refractivity contribution in [3.05, 3.63) is 46.0 Å². The number of halogens is 1. The second kappa shape index (κ2) is 7.93. The topological polar surface area (TPSA) is 84.9 Å². The Labute approximate surface area is 171 Å².